The Balaban J connectivity index is 2.02. The van der Waals surface area contributed by atoms with Gasteiger partial charge in [0.1, 0.15) is 5.78 Å². The van der Waals surface area contributed by atoms with Gasteiger partial charge in [0.05, 0.1) is 0 Å². The van der Waals surface area contributed by atoms with Gasteiger partial charge in [0.25, 0.3) is 0 Å². The molecule has 0 saturated carbocycles. The molecule has 1 aliphatic rings. The van der Waals surface area contributed by atoms with Crippen LogP contribution in [0, 0.1) is 5.41 Å². The summed E-state index contributed by atoms with van der Waals surface area (Å²) in [5, 5.41) is 0. The van der Waals surface area contributed by atoms with Crippen LogP contribution in [0.5, 0.6) is 0 Å². The Bertz CT molecular complexity index is 455. The third kappa shape index (κ3) is 3.43. The molecule has 102 valence electrons. The Morgan fingerprint density at radius 1 is 1.16 bits per heavy atom. The van der Waals surface area contributed by atoms with Gasteiger partial charge in [0.15, 0.2) is 0 Å². The van der Waals surface area contributed by atoms with Crippen molar-refractivity contribution in [3.63, 3.8) is 0 Å². The smallest absolute Gasteiger partial charge is 0.228 e. The zero-order valence-electron chi connectivity index (χ0n) is 11.7. The molecule has 0 unspecified atom stereocenters. The summed E-state index contributed by atoms with van der Waals surface area (Å²) in [6.45, 7) is 5.13. The van der Waals surface area contributed by atoms with Crippen LogP contribution in [0.4, 0.5) is 0 Å². The Labute approximate surface area is 114 Å². The van der Waals surface area contributed by atoms with Crippen molar-refractivity contribution >= 4 is 11.7 Å². The van der Waals surface area contributed by atoms with Crippen molar-refractivity contribution in [2.75, 3.05) is 13.1 Å². The van der Waals surface area contributed by atoms with Crippen LogP contribution in [-0.4, -0.2) is 29.7 Å². The molecule has 0 N–H and O–H groups in total. The molecule has 19 heavy (non-hydrogen) atoms. The SMILES string of the molecule is CC(C)(Cc1ccccc1)C(=O)N1CCC(=O)CC1. The van der Waals surface area contributed by atoms with Gasteiger partial charge in [0.2, 0.25) is 5.91 Å². The number of ketones is 1. The lowest BCUT2D eigenvalue weighted by Crippen LogP contribution is -2.46. The van der Waals surface area contributed by atoms with Gasteiger partial charge in [0, 0.05) is 31.3 Å². The van der Waals surface area contributed by atoms with Gasteiger partial charge in [-0.1, -0.05) is 44.2 Å². The molecule has 2 rings (SSSR count). The van der Waals surface area contributed by atoms with E-state index < -0.39 is 5.41 Å². The predicted molar refractivity (Wildman–Crippen MR) is 74.7 cm³/mol. The first-order valence-corrected chi connectivity index (χ1v) is 6.84. The maximum absolute atomic E-state index is 12.5. The average molecular weight is 259 g/mol. The molecule has 3 heteroatoms. The van der Waals surface area contributed by atoms with Crippen LogP contribution in [-0.2, 0) is 16.0 Å². The molecule has 0 aliphatic carbocycles. The molecule has 3 nitrogen and oxygen atoms in total. The van der Waals surface area contributed by atoms with E-state index in [1.165, 1.54) is 5.56 Å². The van der Waals surface area contributed by atoms with Crippen LogP contribution < -0.4 is 0 Å². The number of hydrogen-bond acceptors (Lipinski definition) is 2. The largest absolute Gasteiger partial charge is 0.341 e. The monoisotopic (exact) mass is 259 g/mol. The van der Waals surface area contributed by atoms with Gasteiger partial charge in [-0.3, -0.25) is 9.59 Å². The molecule has 1 amide bonds. The lowest BCUT2D eigenvalue weighted by Gasteiger charge is -2.34. The first-order chi connectivity index (χ1) is 8.99. The number of carbonyl (C=O) groups excluding carboxylic acids is 2. The van der Waals surface area contributed by atoms with E-state index in [1.54, 1.807) is 0 Å². The molecule has 1 saturated heterocycles. The van der Waals surface area contributed by atoms with Crippen LogP contribution in [0.25, 0.3) is 0 Å². The molecule has 1 aromatic rings. The Hall–Kier alpha value is -1.64. The minimum Gasteiger partial charge on any atom is -0.341 e. The number of likely N-dealkylation sites (tertiary alicyclic amines) is 1. The number of nitrogens with zero attached hydrogens (tertiary/aromatic N) is 1. The molecule has 1 aromatic carbocycles. The molecule has 1 fully saturated rings. The highest BCUT2D eigenvalue weighted by Crippen LogP contribution is 2.26. The number of piperidine rings is 1. The lowest BCUT2D eigenvalue weighted by molar-refractivity contribution is -0.142. The maximum Gasteiger partial charge on any atom is 0.228 e. The molecular formula is C16H21NO2. The van der Waals surface area contributed by atoms with Gasteiger partial charge in [-0.05, 0) is 12.0 Å². The molecule has 1 aliphatic heterocycles. The molecule has 0 bridgehead atoms. The highest BCUT2D eigenvalue weighted by Gasteiger charge is 2.33. The summed E-state index contributed by atoms with van der Waals surface area (Å²) in [5.41, 5.74) is 0.760. The van der Waals surface area contributed by atoms with Crippen LogP contribution in [0.1, 0.15) is 32.3 Å². The third-order valence-electron chi connectivity index (χ3n) is 3.68. The fourth-order valence-electron chi connectivity index (χ4n) is 2.57. The number of Topliss-reactive ketones (excluding diaryl/α,β-unsaturated/α-hetero) is 1. The summed E-state index contributed by atoms with van der Waals surface area (Å²) in [4.78, 5) is 25.6. The maximum atomic E-state index is 12.5. The predicted octanol–water partition coefficient (Wildman–Crippen LogP) is 2.45. The third-order valence-corrected chi connectivity index (χ3v) is 3.68. The average Bonchev–Trinajstić information content (AvgIpc) is 2.39. The van der Waals surface area contributed by atoms with Crippen molar-refractivity contribution in [1.82, 2.24) is 4.90 Å². The second-order valence-corrected chi connectivity index (χ2v) is 5.88. The zero-order chi connectivity index (χ0) is 13.9. The molecule has 0 atom stereocenters. The number of rotatable bonds is 3. The fourth-order valence-corrected chi connectivity index (χ4v) is 2.57. The highest BCUT2D eigenvalue weighted by molar-refractivity contribution is 5.86. The summed E-state index contributed by atoms with van der Waals surface area (Å²) < 4.78 is 0. The summed E-state index contributed by atoms with van der Waals surface area (Å²) in [7, 11) is 0. The first-order valence-electron chi connectivity index (χ1n) is 6.84. The van der Waals surface area contributed by atoms with E-state index >= 15 is 0 Å². The first kappa shape index (κ1) is 13.8. The van der Waals surface area contributed by atoms with E-state index in [2.05, 4.69) is 12.1 Å². The molecule has 0 aromatic heterocycles. The van der Waals surface area contributed by atoms with E-state index in [0.29, 0.717) is 25.9 Å². The molecule has 0 radical (unpaired) electrons. The van der Waals surface area contributed by atoms with Crippen molar-refractivity contribution in [2.24, 2.45) is 5.41 Å². The van der Waals surface area contributed by atoms with Crippen molar-refractivity contribution in [2.45, 2.75) is 33.1 Å². The second-order valence-electron chi connectivity index (χ2n) is 5.88. The van der Waals surface area contributed by atoms with Crippen LogP contribution in [0.3, 0.4) is 0 Å². The van der Waals surface area contributed by atoms with E-state index in [-0.39, 0.29) is 11.7 Å². The van der Waals surface area contributed by atoms with Crippen molar-refractivity contribution in [3.05, 3.63) is 35.9 Å². The van der Waals surface area contributed by atoms with Crippen molar-refractivity contribution < 1.29 is 9.59 Å². The van der Waals surface area contributed by atoms with E-state index in [9.17, 15) is 9.59 Å². The van der Waals surface area contributed by atoms with Gasteiger partial charge < -0.3 is 4.90 Å². The summed E-state index contributed by atoms with van der Waals surface area (Å²) in [6.07, 6.45) is 1.75. The standard InChI is InChI=1S/C16H21NO2/c1-16(2,12-13-6-4-3-5-7-13)15(19)17-10-8-14(18)9-11-17/h3-7H,8-12H2,1-2H3. The van der Waals surface area contributed by atoms with Crippen molar-refractivity contribution in [1.29, 1.82) is 0 Å². The number of benzene rings is 1. The number of hydrogen-bond donors (Lipinski definition) is 0. The Morgan fingerprint density at radius 3 is 2.32 bits per heavy atom. The molecule has 0 spiro atoms. The zero-order valence-corrected chi connectivity index (χ0v) is 11.7. The Kier molecular flexibility index (Phi) is 4.03. The number of carbonyl (C=O) groups is 2. The lowest BCUT2D eigenvalue weighted by atomic mass is 9.84. The summed E-state index contributed by atoms with van der Waals surface area (Å²) in [6, 6.07) is 10.1. The van der Waals surface area contributed by atoms with Gasteiger partial charge in [-0.2, -0.15) is 0 Å². The number of amides is 1. The van der Waals surface area contributed by atoms with Gasteiger partial charge >= 0.3 is 0 Å². The van der Waals surface area contributed by atoms with E-state index in [0.717, 1.165) is 6.42 Å². The van der Waals surface area contributed by atoms with E-state index in [1.807, 2.05) is 36.9 Å². The van der Waals surface area contributed by atoms with Gasteiger partial charge in [-0.25, -0.2) is 0 Å². The second kappa shape index (κ2) is 5.55. The van der Waals surface area contributed by atoms with Crippen LogP contribution >= 0.6 is 0 Å². The quantitative estimate of drug-likeness (QED) is 0.836. The van der Waals surface area contributed by atoms with Crippen molar-refractivity contribution in [3.8, 4) is 0 Å². The minimum absolute atomic E-state index is 0.156. The topological polar surface area (TPSA) is 37.4 Å². The normalized spacial score (nSPS) is 16.5. The van der Waals surface area contributed by atoms with Crippen LogP contribution in [0.15, 0.2) is 30.3 Å². The summed E-state index contributed by atoms with van der Waals surface area (Å²) >= 11 is 0. The summed E-state index contributed by atoms with van der Waals surface area (Å²) in [5.74, 6) is 0.425. The van der Waals surface area contributed by atoms with Crippen LogP contribution in [0.2, 0.25) is 0 Å². The highest BCUT2D eigenvalue weighted by atomic mass is 16.2. The van der Waals surface area contributed by atoms with Gasteiger partial charge in [-0.15, -0.1) is 0 Å². The van der Waals surface area contributed by atoms with E-state index in [4.69, 9.17) is 0 Å². The molecular weight excluding hydrogens is 238 g/mol. The Morgan fingerprint density at radius 2 is 1.74 bits per heavy atom. The minimum atomic E-state index is -0.415. The molecule has 1 heterocycles. The fraction of sp³-hybridized carbons (Fsp3) is 0.500.